The Hall–Kier alpha value is -1.25. The van der Waals surface area contributed by atoms with Gasteiger partial charge in [0.15, 0.2) is 8.32 Å². The van der Waals surface area contributed by atoms with Crippen LogP contribution < -0.4 is 0 Å². The summed E-state index contributed by atoms with van der Waals surface area (Å²) in [6.07, 6.45) is 1.14. The lowest BCUT2D eigenvalue weighted by atomic mass is 9.99. The molecule has 1 aromatic carbocycles. The Morgan fingerprint density at radius 2 is 1.82 bits per heavy atom. The zero-order chi connectivity index (χ0) is 17.2. The minimum absolute atomic E-state index is 0.0277. The van der Waals surface area contributed by atoms with E-state index in [0.29, 0.717) is 5.56 Å². The van der Waals surface area contributed by atoms with E-state index in [4.69, 9.17) is 10.8 Å². The van der Waals surface area contributed by atoms with E-state index in [9.17, 15) is 13.2 Å². The van der Waals surface area contributed by atoms with Gasteiger partial charge in [-0.05, 0) is 29.8 Å². The number of hydrogen-bond donors (Lipinski definition) is 0. The summed E-state index contributed by atoms with van der Waals surface area (Å²) in [4.78, 5) is 0. The molecule has 5 heteroatoms. The zero-order valence-corrected chi connectivity index (χ0v) is 14.7. The van der Waals surface area contributed by atoms with Crippen molar-refractivity contribution in [3.63, 3.8) is 0 Å². The fourth-order valence-electron chi connectivity index (χ4n) is 1.68. The molecule has 0 radical (unpaired) electrons. The van der Waals surface area contributed by atoms with Crippen LogP contribution in [0.15, 0.2) is 24.3 Å². The smallest absolute Gasteiger partial charge is 0.415 e. The molecule has 122 valence electrons. The fourth-order valence-corrected chi connectivity index (χ4v) is 2.70. The van der Waals surface area contributed by atoms with Gasteiger partial charge >= 0.3 is 6.18 Å². The molecular formula is C17H23F3OSi. The van der Waals surface area contributed by atoms with Crippen molar-refractivity contribution in [1.29, 1.82) is 0 Å². The molecule has 0 spiro atoms. The van der Waals surface area contributed by atoms with Gasteiger partial charge in [-0.1, -0.05) is 44.9 Å². The SMILES string of the molecule is C#CC(CO[Si](C)(C)C(C)(C)C)c1cccc(C(F)(F)F)c1. The Labute approximate surface area is 132 Å². The first kappa shape index (κ1) is 18.8. The maximum Gasteiger partial charge on any atom is 0.416 e. The van der Waals surface area contributed by atoms with E-state index in [-0.39, 0.29) is 11.6 Å². The molecule has 1 atom stereocenters. The number of terminal acetylenes is 1. The van der Waals surface area contributed by atoms with E-state index in [1.165, 1.54) is 6.07 Å². The quantitative estimate of drug-likeness (QED) is 0.528. The fraction of sp³-hybridized carbons (Fsp3) is 0.529. The molecule has 0 bridgehead atoms. The van der Waals surface area contributed by atoms with E-state index in [0.717, 1.165) is 12.1 Å². The van der Waals surface area contributed by atoms with E-state index in [1.54, 1.807) is 6.07 Å². The van der Waals surface area contributed by atoms with Crippen LogP contribution in [0, 0.1) is 12.3 Å². The highest BCUT2D eigenvalue weighted by atomic mass is 28.4. The zero-order valence-electron chi connectivity index (χ0n) is 13.7. The van der Waals surface area contributed by atoms with Crippen LogP contribution in [0.1, 0.15) is 37.8 Å². The Bertz CT molecular complexity index is 550. The molecule has 0 amide bonds. The van der Waals surface area contributed by atoms with Crippen LogP contribution in [0.2, 0.25) is 18.1 Å². The molecule has 0 N–H and O–H groups in total. The summed E-state index contributed by atoms with van der Waals surface area (Å²) in [6.45, 7) is 10.7. The largest absolute Gasteiger partial charge is 0.416 e. The monoisotopic (exact) mass is 328 g/mol. The molecule has 0 aliphatic heterocycles. The van der Waals surface area contributed by atoms with Crippen molar-refractivity contribution in [3.8, 4) is 12.3 Å². The summed E-state index contributed by atoms with van der Waals surface area (Å²) in [5.74, 6) is 2.08. The highest BCUT2D eigenvalue weighted by Crippen LogP contribution is 2.37. The molecule has 1 unspecified atom stereocenters. The molecule has 1 aromatic rings. The maximum absolute atomic E-state index is 12.8. The molecular weight excluding hydrogens is 305 g/mol. The first-order valence-electron chi connectivity index (χ1n) is 7.16. The molecule has 0 saturated heterocycles. The topological polar surface area (TPSA) is 9.23 Å². The van der Waals surface area contributed by atoms with Gasteiger partial charge in [0, 0.05) is 0 Å². The third kappa shape index (κ3) is 4.62. The second kappa shape index (κ2) is 6.47. The Balaban J connectivity index is 2.93. The van der Waals surface area contributed by atoms with Gasteiger partial charge in [-0.25, -0.2) is 0 Å². The molecule has 1 nitrogen and oxygen atoms in total. The van der Waals surface area contributed by atoms with Gasteiger partial charge in [0.1, 0.15) is 0 Å². The van der Waals surface area contributed by atoms with Crippen LogP contribution in [0.4, 0.5) is 13.2 Å². The number of halogens is 3. The molecule has 0 aliphatic rings. The van der Waals surface area contributed by atoms with Crippen molar-refractivity contribution >= 4 is 8.32 Å². The summed E-state index contributed by atoms with van der Waals surface area (Å²) in [5, 5.41) is 0.0277. The highest BCUT2D eigenvalue weighted by molar-refractivity contribution is 6.74. The Morgan fingerprint density at radius 1 is 1.23 bits per heavy atom. The third-order valence-corrected chi connectivity index (χ3v) is 8.74. The van der Waals surface area contributed by atoms with Crippen molar-refractivity contribution in [2.45, 2.75) is 51.0 Å². The number of benzene rings is 1. The lowest BCUT2D eigenvalue weighted by Gasteiger charge is -2.36. The lowest BCUT2D eigenvalue weighted by Crippen LogP contribution is -2.41. The number of alkyl halides is 3. The first-order valence-corrected chi connectivity index (χ1v) is 10.1. The van der Waals surface area contributed by atoms with Crippen molar-refractivity contribution in [3.05, 3.63) is 35.4 Å². The van der Waals surface area contributed by atoms with Gasteiger partial charge in [0.2, 0.25) is 0 Å². The van der Waals surface area contributed by atoms with E-state index in [2.05, 4.69) is 39.8 Å². The number of hydrogen-bond acceptors (Lipinski definition) is 1. The van der Waals surface area contributed by atoms with E-state index in [1.807, 2.05) is 0 Å². The standard InChI is InChI=1S/C17H23F3OSi/c1-7-13(12-21-22(5,6)16(2,3)4)14-9-8-10-15(11-14)17(18,19)20/h1,8-11,13H,12H2,2-6H3. The average molecular weight is 328 g/mol. The third-order valence-electron chi connectivity index (χ3n) is 4.23. The summed E-state index contributed by atoms with van der Waals surface area (Å²) in [7, 11) is -1.98. The second-order valence-corrected chi connectivity index (χ2v) is 11.7. The van der Waals surface area contributed by atoms with Crippen LogP contribution >= 0.6 is 0 Å². The molecule has 22 heavy (non-hydrogen) atoms. The first-order chi connectivity index (χ1) is 9.88. The van der Waals surface area contributed by atoms with Gasteiger partial charge in [-0.15, -0.1) is 6.42 Å². The predicted octanol–water partition coefficient (Wildman–Crippen LogP) is 5.44. The van der Waals surface area contributed by atoms with Gasteiger partial charge in [-0.3, -0.25) is 0 Å². The van der Waals surface area contributed by atoms with Crippen LogP contribution in [-0.4, -0.2) is 14.9 Å². The highest BCUT2D eigenvalue weighted by Gasteiger charge is 2.37. The van der Waals surface area contributed by atoms with Crippen LogP contribution in [0.25, 0.3) is 0 Å². The molecule has 1 rings (SSSR count). The second-order valence-electron chi connectivity index (χ2n) is 6.91. The molecule has 0 heterocycles. The van der Waals surface area contributed by atoms with Crippen LogP contribution in [0.3, 0.4) is 0 Å². The minimum Gasteiger partial charge on any atom is -0.415 e. The average Bonchev–Trinajstić information content (AvgIpc) is 2.37. The van der Waals surface area contributed by atoms with Gasteiger partial charge in [0.05, 0.1) is 18.1 Å². The summed E-state index contributed by atoms with van der Waals surface area (Å²) >= 11 is 0. The molecule has 0 fully saturated rings. The lowest BCUT2D eigenvalue weighted by molar-refractivity contribution is -0.137. The molecule has 0 saturated carbocycles. The minimum atomic E-state index is -4.37. The summed E-state index contributed by atoms with van der Waals surface area (Å²) in [6, 6.07) is 5.16. The van der Waals surface area contributed by atoms with Crippen molar-refractivity contribution in [1.82, 2.24) is 0 Å². The van der Waals surface area contributed by atoms with Gasteiger partial charge in [0.25, 0.3) is 0 Å². The predicted molar refractivity (Wildman–Crippen MR) is 86.2 cm³/mol. The Kier molecular flexibility index (Phi) is 5.53. The normalized spacial score (nSPS) is 14.5. The van der Waals surface area contributed by atoms with E-state index < -0.39 is 26.0 Å². The van der Waals surface area contributed by atoms with Gasteiger partial charge < -0.3 is 4.43 Å². The van der Waals surface area contributed by atoms with Crippen molar-refractivity contribution in [2.24, 2.45) is 0 Å². The van der Waals surface area contributed by atoms with Crippen LogP contribution in [-0.2, 0) is 10.6 Å². The van der Waals surface area contributed by atoms with E-state index >= 15 is 0 Å². The summed E-state index contributed by atoms with van der Waals surface area (Å²) in [5.41, 5.74) is -0.214. The molecule has 0 aromatic heterocycles. The Morgan fingerprint density at radius 3 is 2.27 bits per heavy atom. The summed E-state index contributed by atoms with van der Waals surface area (Å²) < 4.78 is 44.4. The van der Waals surface area contributed by atoms with Crippen LogP contribution in [0.5, 0.6) is 0 Å². The van der Waals surface area contributed by atoms with Gasteiger partial charge in [-0.2, -0.15) is 13.2 Å². The van der Waals surface area contributed by atoms with Crippen molar-refractivity contribution in [2.75, 3.05) is 6.61 Å². The number of rotatable bonds is 4. The molecule has 0 aliphatic carbocycles. The maximum atomic E-state index is 12.8. The van der Waals surface area contributed by atoms with Crippen molar-refractivity contribution < 1.29 is 17.6 Å².